The number of nitrogens with zero attached hydrogens (tertiary/aromatic N) is 3. The average molecular weight is 537 g/mol. The number of sulfonamides is 1. The number of hydrogen-bond acceptors (Lipinski definition) is 6. The Bertz CT molecular complexity index is 1280. The number of benzene rings is 2. The molecule has 178 valence electrons. The first-order valence-electron chi connectivity index (χ1n) is 10.8. The lowest BCUT2D eigenvalue weighted by Crippen LogP contribution is -2.40. The van der Waals surface area contributed by atoms with Crippen LogP contribution in [-0.4, -0.2) is 49.9 Å². The van der Waals surface area contributed by atoms with Gasteiger partial charge in [-0.25, -0.2) is 13.4 Å². The Kier molecular flexibility index (Phi) is 6.56. The number of nitrogens with one attached hydrogen (secondary N) is 1. The fourth-order valence-corrected chi connectivity index (χ4v) is 7.00. The average Bonchev–Trinajstić information content (AvgIpc) is 3.54. The summed E-state index contributed by atoms with van der Waals surface area (Å²) in [5.41, 5.74) is 1.79. The number of aromatic nitrogens is 1. The molecule has 11 heteroatoms. The molecule has 2 atom stereocenters. The summed E-state index contributed by atoms with van der Waals surface area (Å²) < 4.78 is 27.6. The zero-order chi connectivity index (χ0) is 23.9. The van der Waals surface area contributed by atoms with Crippen molar-refractivity contribution in [2.24, 2.45) is 0 Å². The van der Waals surface area contributed by atoms with Crippen molar-refractivity contribution < 1.29 is 13.2 Å². The second kappa shape index (κ2) is 9.47. The van der Waals surface area contributed by atoms with Crippen LogP contribution >= 0.6 is 34.5 Å². The number of anilines is 2. The van der Waals surface area contributed by atoms with E-state index in [0.29, 0.717) is 27.4 Å². The zero-order valence-corrected chi connectivity index (χ0v) is 21.2. The van der Waals surface area contributed by atoms with Crippen molar-refractivity contribution in [3.8, 4) is 0 Å². The van der Waals surface area contributed by atoms with E-state index in [4.69, 9.17) is 23.2 Å². The van der Waals surface area contributed by atoms with E-state index in [2.05, 4.69) is 14.6 Å². The highest BCUT2D eigenvalue weighted by Crippen LogP contribution is 2.35. The minimum atomic E-state index is -3.73. The summed E-state index contributed by atoms with van der Waals surface area (Å²) in [5, 5.41) is 3.25. The Morgan fingerprint density at radius 2 is 1.76 bits per heavy atom. The fraction of sp³-hybridized carbons (Fsp3) is 0.304. The van der Waals surface area contributed by atoms with Gasteiger partial charge in [0.2, 0.25) is 5.91 Å². The molecule has 2 aromatic carbocycles. The normalized spacial score (nSPS) is 21.4. The van der Waals surface area contributed by atoms with Crippen molar-refractivity contribution in [1.29, 1.82) is 0 Å². The molecule has 0 spiro atoms. The summed E-state index contributed by atoms with van der Waals surface area (Å²) in [6.45, 7) is 2.20. The van der Waals surface area contributed by atoms with Gasteiger partial charge in [-0.15, -0.1) is 11.3 Å². The number of carbonyl (C=O) groups excluding carboxylic acids is 1. The minimum Gasteiger partial charge on any atom is -0.311 e. The van der Waals surface area contributed by atoms with E-state index in [1.54, 1.807) is 28.5 Å². The van der Waals surface area contributed by atoms with Crippen molar-refractivity contribution in [2.75, 3.05) is 29.3 Å². The van der Waals surface area contributed by atoms with Crippen LogP contribution in [0.15, 0.2) is 58.9 Å². The van der Waals surface area contributed by atoms with Crippen molar-refractivity contribution >= 4 is 61.3 Å². The Balaban J connectivity index is 1.25. The first-order valence-corrected chi connectivity index (χ1v) is 14.0. The Morgan fingerprint density at radius 3 is 2.44 bits per heavy atom. The molecule has 1 amide bonds. The van der Waals surface area contributed by atoms with E-state index >= 15 is 0 Å². The molecule has 3 heterocycles. The van der Waals surface area contributed by atoms with E-state index in [1.165, 1.54) is 29.7 Å². The van der Waals surface area contributed by atoms with Crippen molar-refractivity contribution in [1.82, 2.24) is 9.88 Å². The summed E-state index contributed by atoms with van der Waals surface area (Å²) in [4.78, 5) is 21.3. The number of amides is 1. The van der Waals surface area contributed by atoms with Gasteiger partial charge in [0.25, 0.3) is 10.0 Å². The summed E-state index contributed by atoms with van der Waals surface area (Å²) in [6.07, 6.45) is 3.21. The lowest BCUT2D eigenvalue weighted by atomic mass is 9.98. The molecule has 1 aromatic heterocycles. The van der Waals surface area contributed by atoms with E-state index in [-0.39, 0.29) is 22.8 Å². The van der Waals surface area contributed by atoms with Crippen LogP contribution < -0.4 is 9.62 Å². The number of likely N-dealkylation sites (tertiary alicyclic amines) is 1. The topological polar surface area (TPSA) is 82.6 Å². The molecule has 2 aliphatic heterocycles. The first-order chi connectivity index (χ1) is 16.3. The summed E-state index contributed by atoms with van der Waals surface area (Å²) >= 11 is 13.6. The molecule has 2 fully saturated rings. The van der Waals surface area contributed by atoms with E-state index in [1.807, 2.05) is 12.1 Å². The van der Waals surface area contributed by atoms with Crippen LogP contribution in [0, 0.1) is 0 Å². The summed E-state index contributed by atoms with van der Waals surface area (Å²) in [6, 6.07) is 11.8. The third-order valence-corrected chi connectivity index (χ3v) is 8.92. The molecule has 1 unspecified atom stereocenters. The number of hydrogen-bond donors (Lipinski definition) is 1. The van der Waals surface area contributed by atoms with Gasteiger partial charge in [0.15, 0.2) is 5.13 Å². The summed E-state index contributed by atoms with van der Waals surface area (Å²) in [7, 11) is -3.73. The molecule has 0 aliphatic carbocycles. The van der Waals surface area contributed by atoms with Gasteiger partial charge >= 0.3 is 0 Å². The van der Waals surface area contributed by atoms with E-state index in [9.17, 15) is 13.2 Å². The van der Waals surface area contributed by atoms with Gasteiger partial charge in [-0.3, -0.25) is 14.4 Å². The van der Waals surface area contributed by atoms with Gasteiger partial charge in [0.1, 0.15) is 0 Å². The van der Waals surface area contributed by atoms with Crippen LogP contribution in [0.2, 0.25) is 10.0 Å². The van der Waals surface area contributed by atoms with Crippen molar-refractivity contribution in [3.05, 3.63) is 69.7 Å². The molecule has 7 nitrogen and oxygen atoms in total. The lowest BCUT2D eigenvalue weighted by molar-refractivity contribution is -0.121. The SMILES string of the molecule is O=C1C(N2CC[C@H](c3cc(Cl)cc(Cl)c3)C2)CCN1c1ccc(S(=O)(=O)Nc2nccs2)cc1. The Morgan fingerprint density at radius 1 is 1.03 bits per heavy atom. The highest BCUT2D eigenvalue weighted by molar-refractivity contribution is 7.93. The van der Waals surface area contributed by atoms with Crippen LogP contribution in [0.25, 0.3) is 0 Å². The molecular weight excluding hydrogens is 515 g/mol. The molecule has 2 saturated heterocycles. The number of carbonyl (C=O) groups is 1. The van der Waals surface area contributed by atoms with E-state index < -0.39 is 10.0 Å². The van der Waals surface area contributed by atoms with Gasteiger partial charge in [-0.1, -0.05) is 23.2 Å². The number of rotatable bonds is 6. The third kappa shape index (κ3) is 4.81. The molecular formula is C23H22Cl2N4O3S2. The maximum absolute atomic E-state index is 13.2. The number of thiazole rings is 1. The second-order valence-electron chi connectivity index (χ2n) is 8.41. The standard InChI is InChI=1S/C23H22Cl2N4O3S2/c24-17-11-16(12-18(25)13-17)15-5-8-28(14-15)21-6-9-29(22(21)30)19-1-3-20(4-2-19)34(31,32)27-23-26-7-10-33-23/h1-4,7,10-13,15,21H,5-6,8-9,14H2,(H,26,27)/t15-,21?/m0/s1. The quantitative estimate of drug-likeness (QED) is 0.487. The predicted molar refractivity (Wildman–Crippen MR) is 136 cm³/mol. The van der Waals surface area contributed by atoms with Crippen LogP contribution in [0.4, 0.5) is 10.8 Å². The third-order valence-electron chi connectivity index (χ3n) is 6.31. The van der Waals surface area contributed by atoms with Crippen LogP contribution in [0.3, 0.4) is 0 Å². The first kappa shape index (κ1) is 23.6. The van der Waals surface area contributed by atoms with Gasteiger partial charge < -0.3 is 4.90 Å². The van der Waals surface area contributed by atoms with E-state index in [0.717, 1.165) is 31.5 Å². The van der Waals surface area contributed by atoms with Crippen molar-refractivity contribution in [2.45, 2.75) is 29.7 Å². The summed E-state index contributed by atoms with van der Waals surface area (Å²) in [5.74, 6) is 0.328. The zero-order valence-electron chi connectivity index (χ0n) is 18.0. The lowest BCUT2D eigenvalue weighted by Gasteiger charge is -2.23. The molecule has 0 radical (unpaired) electrons. The monoisotopic (exact) mass is 536 g/mol. The van der Waals surface area contributed by atoms with Gasteiger partial charge in [-0.2, -0.15) is 0 Å². The van der Waals surface area contributed by atoms with Crippen molar-refractivity contribution in [3.63, 3.8) is 0 Å². The second-order valence-corrected chi connectivity index (χ2v) is 11.9. The highest BCUT2D eigenvalue weighted by atomic mass is 35.5. The predicted octanol–water partition coefficient (Wildman–Crippen LogP) is 4.85. The van der Waals surface area contributed by atoms with Crippen LogP contribution in [0.5, 0.6) is 0 Å². The van der Waals surface area contributed by atoms with Gasteiger partial charge in [0, 0.05) is 40.4 Å². The maximum Gasteiger partial charge on any atom is 0.263 e. The molecule has 34 heavy (non-hydrogen) atoms. The van der Waals surface area contributed by atoms with Gasteiger partial charge in [-0.05, 0) is 73.3 Å². The van der Waals surface area contributed by atoms with Crippen LogP contribution in [0.1, 0.15) is 24.3 Å². The molecule has 0 saturated carbocycles. The number of halogens is 2. The Labute approximate surface area is 212 Å². The van der Waals surface area contributed by atoms with Crippen LogP contribution in [-0.2, 0) is 14.8 Å². The van der Waals surface area contributed by atoms with Gasteiger partial charge in [0.05, 0.1) is 10.9 Å². The minimum absolute atomic E-state index is 0.0429. The highest BCUT2D eigenvalue weighted by Gasteiger charge is 2.40. The Hall–Kier alpha value is -2.17. The largest absolute Gasteiger partial charge is 0.311 e. The molecule has 1 N–H and O–H groups in total. The fourth-order valence-electron chi connectivity index (χ4n) is 4.67. The molecule has 5 rings (SSSR count). The smallest absolute Gasteiger partial charge is 0.263 e. The molecule has 3 aromatic rings. The molecule has 0 bridgehead atoms. The molecule has 2 aliphatic rings. The maximum atomic E-state index is 13.2.